The third kappa shape index (κ3) is 5.90. The zero-order chi connectivity index (χ0) is 21.4. The average molecular weight is 459 g/mol. The Morgan fingerprint density at radius 2 is 2.03 bits per heavy atom. The van der Waals surface area contributed by atoms with Crippen molar-refractivity contribution in [3.63, 3.8) is 0 Å². The van der Waals surface area contributed by atoms with E-state index < -0.39 is 0 Å². The van der Waals surface area contributed by atoms with Crippen molar-refractivity contribution in [3.8, 4) is 5.69 Å². The van der Waals surface area contributed by atoms with Crippen LogP contribution in [0.2, 0.25) is 0 Å². The highest BCUT2D eigenvalue weighted by atomic mass is 79.9. The molecule has 29 heavy (non-hydrogen) atoms. The number of benzene rings is 1. The number of ether oxygens (including phenoxy) is 1. The fraction of sp³-hybridized carbons (Fsp3) is 0.318. The Balaban J connectivity index is 2.16. The Hall–Kier alpha value is -2.67. The van der Waals surface area contributed by atoms with Crippen LogP contribution in [-0.4, -0.2) is 45.0 Å². The lowest BCUT2D eigenvalue weighted by molar-refractivity contribution is 0.0603. The van der Waals surface area contributed by atoms with Gasteiger partial charge in [0.1, 0.15) is 18.1 Å². The van der Waals surface area contributed by atoms with Gasteiger partial charge in [-0.05, 0) is 51.5 Å². The molecule has 2 rings (SSSR count). The summed E-state index contributed by atoms with van der Waals surface area (Å²) < 4.78 is 6.68. The zero-order valence-electron chi connectivity index (χ0n) is 17.3. The lowest BCUT2D eigenvalue weighted by atomic mass is 10.1. The van der Waals surface area contributed by atoms with Crippen LogP contribution < -0.4 is 0 Å². The van der Waals surface area contributed by atoms with Gasteiger partial charge in [-0.2, -0.15) is 15.0 Å². The Labute approximate surface area is 180 Å². The summed E-state index contributed by atoms with van der Waals surface area (Å²) >= 11 is 3.41. The lowest BCUT2D eigenvalue weighted by Gasteiger charge is -2.29. The van der Waals surface area contributed by atoms with Crippen molar-refractivity contribution in [2.75, 3.05) is 13.2 Å². The highest BCUT2D eigenvalue weighted by molar-refractivity contribution is 9.11. The van der Waals surface area contributed by atoms with Crippen LogP contribution in [0.25, 0.3) is 5.69 Å². The molecule has 1 aromatic heterocycles. The molecule has 1 amide bonds. The molecule has 6 nitrogen and oxygen atoms in total. The molecule has 0 aliphatic carbocycles. The lowest BCUT2D eigenvalue weighted by Crippen LogP contribution is -2.41. The van der Waals surface area contributed by atoms with Gasteiger partial charge in [0.15, 0.2) is 0 Å². The van der Waals surface area contributed by atoms with Crippen LogP contribution in [0.3, 0.4) is 0 Å². The molecule has 1 atom stereocenters. The van der Waals surface area contributed by atoms with Crippen molar-refractivity contribution in [2.45, 2.75) is 33.7 Å². The number of likely N-dealkylation sites (N-methyl/N-ethyl adjacent to an activating group) is 1. The second-order valence-electron chi connectivity index (χ2n) is 6.51. The van der Waals surface area contributed by atoms with Crippen LogP contribution in [0, 0.1) is 6.92 Å². The maximum Gasteiger partial charge on any atom is 0.256 e. The Morgan fingerprint density at radius 1 is 1.34 bits per heavy atom. The van der Waals surface area contributed by atoms with E-state index >= 15 is 0 Å². The molecule has 2 aromatic rings. The SMILES string of the molecule is C=C(/C=C\C(Br)=C/C)OC[C@H](C)N(CC)C(=O)c1cccc(C)c1-n1nccn1. The first-order valence-corrected chi connectivity index (χ1v) is 10.3. The van der Waals surface area contributed by atoms with Crippen molar-refractivity contribution in [1.82, 2.24) is 19.9 Å². The predicted octanol–water partition coefficient (Wildman–Crippen LogP) is 4.81. The standard InChI is InChI=1S/C22H27BrN4O2/c1-6-19(23)12-11-18(5)29-15-17(4)26(7-2)22(28)20-10-8-9-16(3)21(20)27-24-13-14-25-27/h6,8-14,17H,5,7,15H2,1-4H3/b12-11-,19-6+/t17-/m0/s1. The number of para-hydroxylation sites is 1. The normalized spacial score (nSPS) is 12.8. The predicted molar refractivity (Wildman–Crippen MR) is 119 cm³/mol. The highest BCUT2D eigenvalue weighted by Crippen LogP contribution is 2.21. The van der Waals surface area contributed by atoms with E-state index in [1.807, 2.05) is 52.0 Å². The quantitative estimate of drug-likeness (QED) is 0.399. The summed E-state index contributed by atoms with van der Waals surface area (Å²) in [6.07, 6.45) is 8.78. The summed E-state index contributed by atoms with van der Waals surface area (Å²) in [6, 6.07) is 5.48. The molecule has 0 aliphatic rings. The van der Waals surface area contributed by atoms with Crippen molar-refractivity contribution >= 4 is 21.8 Å². The minimum absolute atomic E-state index is 0.0857. The minimum Gasteiger partial charge on any atom is -0.492 e. The molecule has 0 saturated heterocycles. The van der Waals surface area contributed by atoms with Crippen LogP contribution in [-0.2, 0) is 4.74 Å². The summed E-state index contributed by atoms with van der Waals surface area (Å²) in [5.41, 5.74) is 2.18. The summed E-state index contributed by atoms with van der Waals surface area (Å²) in [7, 11) is 0. The van der Waals surface area contributed by atoms with Gasteiger partial charge in [0.2, 0.25) is 0 Å². The molecule has 0 saturated carbocycles. The van der Waals surface area contributed by atoms with Gasteiger partial charge in [-0.25, -0.2) is 0 Å². The topological polar surface area (TPSA) is 60.2 Å². The zero-order valence-corrected chi connectivity index (χ0v) is 18.9. The summed E-state index contributed by atoms with van der Waals surface area (Å²) in [4.78, 5) is 16.6. The van der Waals surface area contributed by atoms with E-state index in [0.717, 1.165) is 10.0 Å². The summed E-state index contributed by atoms with van der Waals surface area (Å²) in [5, 5.41) is 8.41. The number of carbonyl (C=O) groups is 1. The maximum atomic E-state index is 13.3. The van der Waals surface area contributed by atoms with E-state index in [1.54, 1.807) is 29.4 Å². The van der Waals surface area contributed by atoms with Gasteiger partial charge in [0, 0.05) is 11.0 Å². The van der Waals surface area contributed by atoms with E-state index in [9.17, 15) is 4.79 Å². The van der Waals surface area contributed by atoms with Crippen LogP contribution in [0.15, 0.2) is 65.6 Å². The molecule has 1 aromatic carbocycles. The van der Waals surface area contributed by atoms with E-state index in [1.165, 1.54) is 4.80 Å². The maximum absolute atomic E-state index is 13.3. The number of carbonyl (C=O) groups excluding carboxylic acids is 1. The molecule has 1 heterocycles. The van der Waals surface area contributed by atoms with E-state index in [-0.39, 0.29) is 11.9 Å². The van der Waals surface area contributed by atoms with Crippen LogP contribution in [0.1, 0.15) is 36.7 Å². The number of aryl methyl sites for hydroxylation is 1. The summed E-state index contributed by atoms with van der Waals surface area (Å²) in [6.45, 7) is 12.6. The number of amides is 1. The first kappa shape index (κ1) is 22.6. The van der Waals surface area contributed by atoms with Gasteiger partial charge >= 0.3 is 0 Å². The fourth-order valence-corrected chi connectivity index (χ4v) is 3.01. The van der Waals surface area contributed by atoms with Gasteiger partial charge in [-0.3, -0.25) is 4.79 Å². The molecular formula is C22H27BrN4O2. The number of halogens is 1. The largest absolute Gasteiger partial charge is 0.492 e. The van der Waals surface area contributed by atoms with Gasteiger partial charge in [0.05, 0.1) is 24.0 Å². The third-order valence-electron chi connectivity index (χ3n) is 4.43. The number of hydrogen-bond donors (Lipinski definition) is 0. The van der Waals surface area contributed by atoms with Crippen molar-refractivity contribution in [3.05, 3.63) is 76.8 Å². The number of nitrogens with zero attached hydrogens (tertiary/aromatic N) is 4. The van der Waals surface area contributed by atoms with E-state index in [4.69, 9.17) is 4.74 Å². The molecule has 7 heteroatoms. The first-order valence-electron chi connectivity index (χ1n) is 9.47. The Kier molecular flexibility index (Phi) is 8.39. The third-order valence-corrected chi connectivity index (χ3v) is 5.16. The fourth-order valence-electron chi connectivity index (χ4n) is 2.87. The van der Waals surface area contributed by atoms with E-state index in [2.05, 4.69) is 32.7 Å². The van der Waals surface area contributed by atoms with Gasteiger partial charge < -0.3 is 9.64 Å². The Bertz CT molecular complexity index is 904. The molecule has 0 spiro atoms. The smallest absolute Gasteiger partial charge is 0.256 e. The monoisotopic (exact) mass is 458 g/mol. The van der Waals surface area contributed by atoms with Crippen molar-refractivity contribution in [1.29, 1.82) is 0 Å². The second-order valence-corrected chi connectivity index (χ2v) is 7.43. The molecular weight excluding hydrogens is 432 g/mol. The van der Waals surface area contributed by atoms with Crippen molar-refractivity contribution < 1.29 is 9.53 Å². The molecule has 0 aliphatic heterocycles. The molecule has 154 valence electrons. The molecule has 0 N–H and O–H groups in total. The first-order chi connectivity index (χ1) is 13.9. The highest BCUT2D eigenvalue weighted by Gasteiger charge is 2.24. The van der Waals surface area contributed by atoms with Gasteiger partial charge in [-0.15, -0.1) is 0 Å². The number of hydrogen-bond acceptors (Lipinski definition) is 4. The van der Waals surface area contributed by atoms with E-state index in [0.29, 0.717) is 30.2 Å². The van der Waals surface area contributed by atoms with Crippen LogP contribution >= 0.6 is 15.9 Å². The second kappa shape index (κ2) is 10.8. The molecule has 0 radical (unpaired) electrons. The number of allylic oxidation sites excluding steroid dienone is 4. The number of rotatable bonds is 9. The van der Waals surface area contributed by atoms with Crippen molar-refractivity contribution in [2.24, 2.45) is 0 Å². The summed E-state index contributed by atoms with van der Waals surface area (Å²) in [5.74, 6) is 0.452. The molecule has 0 fully saturated rings. The minimum atomic E-state index is -0.137. The Morgan fingerprint density at radius 3 is 2.66 bits per heavy atom. The van der Waals surface area contributed by atoms with Gasteiger partial charge in [-0.1, -0.05) is 40.7 Å². The average Bonchev–Trinajstić information content (AvgIpc) is 3.24. The number of aromatic nitrogens is 3. The van der Waals surface area contributed by atoms with Gasteiger partial charge in [0.25, 0.3) is 5.91 Å². The molecule has 0 bridgehead atoms. The van der Waals surface area contributed by atoms with Crippen LogP contribution in [0.5, 0.6) is 0 Å². The molecule has 0 unspecified atom stereocenters. The van der Waals surface area contributed by atoms with Crippen LogP contribution in [0.4, 0.5) is 0 Å².